The van der Waals surface area contributed by atoms with E-state index in [1.165, 1.54) is 36.5 Å². The number of hydrogen-bond acceptors (Lipinski definition) is 8. The molecule has 12 heteroatoms. The van der Waals surface area contributed by atoms with Gasteiger partial charge in [0.05, 0.1) is 16.8 Å². The SMILES string of the molecule is O=C(N/N=C\c1ccc(OC(=O)c2ccc(Cl)cc2Cl)cc1)C(=O)Nc1nnc(-c2ccccc2)s1. The highest BCUT2D eigenvalue weighted by Gasteiger charge is 2.16. The number of halogens is 2. The van der Waals surface area contributed by atoms with Crippen LogP contribution in [0.2, 0.25) is 10.0 Å². The zero-order valence-electron chi connectivity index (χ0n) is 18.1. The van der Waals surface area contributed by atoms with E-state index in [1.54, 1.807) is 12.1 Å². The predicted molar refractivity (Wildman–Crippen MR) is 138 cm³/mol. The highest BCUT2D eigenvalue weighted by molar-refractivity contribution is 7.18. The van der Waals surface area contributed by atoms with Crippen molar-refractivity contribution < 1.29 is 19.1 Å². The molecule has 0 saturated heterocycles. The Morgan fingerprint density at radius 1 is 0.917 bits per heavy atom. The first-order valence-electron chi connectivity index (χ1n) is 10.2. The summed E-state index contributed by atoms with van der Waals surface area (Å²) in [5.74, 6) is -2.28. The Labute approximate surface area is 218 Å². The van der Waals surface area contributed by atoms with Crippen LogP contribution in [0.4, 0.5) is 5.13 Å². The van der Waals surface area contributed by atoms with E-state index in [2.05, 4.69) is 26.0 Å². The maximum absolute atomic E-state index is 12.3. The fourth-order valence-corrected chi connectivity index (χ4v) is 4.01. The number of rotatable bonds is 6. The molecule has 0 atom stereocenters. The number of nitrogens with zero attached hydrogens (tertiary/aromatic N) is 3. The number of hydrogen-bond donors (Lipinski definition) is 2. The lowest BCUT2D eigenvalue weighted by Crippen LogP contribution is -2.32. The number of carbonyl (C=O) groups is 3. The summed E-state index contributed by atoms with van der Waals surface area (Å²) in [6, 6.07) is 20.1. The van der Waals surface area contributed by atoms with Crippen LogP contribution in [0.5, 0.6) is 5.75 Å². The van der Waals surface area contributed by atoms with Crippen molar-refractivity contribution in [1.29, 1.82) is 0 Å². The van der Waals surface area contributed by atoms with Crippen molar-refractivity contribution in [1.82, 2.24) is 15.6 Å². The molecule has 0 bridgehead atoms. The van der Waals surface area contributed by atoms with Crippen molar-refractivity contribution in [2.75, 3.05) is 5.32 Å². The molecule has 0 fully saturated rings. The van der Waals surface area contributed by atoms with E-state index in [9.17, 15) is 14.4 Å². The minimum Gasteiger partial charge on any atom is -0.423 e. The number of amides is 2. The molecule has 0 aliphatic heterocycles. The molecule has 3 aromatic carbocycles. The quantitative estimate of drug-likeness (QED) is 0.119. The molecule has 0 saturated carbocycles. The van der Waals surface area contributed by atoms with Gasteiger partial charge < -0.3 is 4.74 Å². The summed E-state index contributed by atoms with van der Waals surface area (Å²) in [5.41, 5.74) is 3.74. The molecule has 0 radical (unpaired) electrons. The highest BCUT2D eigenvalue weighted by atomic mass is 35.5. The zero-order chi connectivity index (χ0) is 25.5. The van der Waals surface area contributed by atoms with Crippen LogP contribution in [0.1, 0.15) is 15.9 Å². The molecule has 9 nitrogen and oxygen atoms in total. The molecule has 1 aromatic heterocycles. The fraction of sp³-hybridized carbons (Fsp3) is 0. The van der Waals surface area contributed by atoms with E-state index in [0.29, 0.717) is 15.6 Å². The summed E-state index contributed by atoms with van der Waals surface area (Å²) in [5, 5.41) is 15.4. The minimum absolute atomic E-state index is 0.178. The number of aromatic nitrogens is 2. The van der Waals surface area contributed by atoms with Crippen molar-refractivity contribution >= 4 is 63.7 Å². The zero-order valence-corrected chi connectivity index (χ0v) is 20.5. The predicted octanol–water partition coefficient (Wildman–Crippen LogP) is 4.82. The van der Waals surface area contributed by atoms with Gasteiger partial charge in [0.15, 0.2) is 0 Å². The Morgan fingerprint density at radius 2 is 1.67 bits per heavy atom. The van der Waals surface area contributed by atoms with Crippen LogP contribution in [-0.4, -0.2) is 34.2 Å². The molecule has 180 valence electrons. The number of hydrazone groups is 1. The van der Waals surface area contributed by atoms with Crippen molar-refractivity contribution in [3.05, 3.63) is 94.0 Å². The van der Waals surface area contributed by atoms with E-state index >= 15 is 0 Å². The molecule has 36 heavy (non-hydrogen) atoms. The van der Waals surface area contributed by atoms with Crippen molar-refractivity contribution in [2.45, 2.75) is 0 Å². The summed E-state index contributed by atoms with van der Waals surface area (Å²) in [7, 11) is 0. The molecule has 2 N–H and O–H groups in total. The summed E-state index contributed by atoms with van der Waals surface area (Å²) in [6.45, 7) is 0. The summed E-state index contributed by atoms with van der Waals surface area (Å²) < 4.78 is 5.29. The van der Waals surface area contributed by atoms with Crippen LogP contribution in [0.25, 0.3) is 10.6 Å². The van der Waals surface area contributed by atoms with E-state index in [-0.39, 0.29) is 21.5 Å². The molecule has 0 aliphatic carbocycles. The first-order chi connectivity index (χ1) is 17.4. The maximum Gasteiger partial charge on any atom is 0.345 e. The van der Waals surface area contributed by atoms with Crippen molar-refractivity contribution in [3.63, 3.8) is 0 Å². The third-order valence-corrected chi connectivity index (χ3v) is 5.93. The van der Waals surface area contributed by atoms with Crippen LogP contribution in [0.3, 0.4) is 0 Å². The first kappa shape index (κ1) is 25.0. The molecule has 4 aromatic rings. The van der Waals surface area contributed by atoms with Gasteiger partial charge in [0.25, 0.3) is 0 Å². The molecular formula is C24H15Cl2N5O4S. The second kappa shape index (κ2) is 11.5. The fourth-order valence-electron chi connectivity index (χ4n) is 2.78. The van der Waals surface area contributed by atoms with Crippen LogP contribution in [-0.2, 0) is 9.59 Å². The van der Waals surface area contributed by atoms with E-state index in [0.717, 1.165) is 16.9 Å². The highest BCUT2D eigenvalue weighted by Crippen LogP contribution is 2.26. The van der Waals surface area contributed by atoms with Gasteiger partial charge in [-0.15, -0.1) is 10.2 Å². The van der Waals surface area contributed by atoms with Crippen LogP contribution in [0, 0.1) is 0 Å². The number of benzene rings is 3. The van der Waals surface area contributed by atoms with Gasteiger partial charge >= 0.3 is 17.8 Å². The molecule has 0 unspecified atom stereocenters. The molecule has 4 rings (SSSR count). The van der Waals surface area contributed by atoms with E-state index in [1.807, 2.05) is 30.3 Å². The Hall–Kier alpha value is -4.12. The van der Waals surface area contributed by atoms with Crippen molar-refractivity contribution in [2.24, 2.45) is 5.10 Å². The largest absolute Gasteiger partial charge is 0.423 e. The Kier molecular flexibility index (Phi) is 8.01. The molecule has 0 spiro atoms. The Bertz CT molecular complexity index is 1440. The minimum atomic E-state index is -0.979. The lowest BCUT2D eigenvalue weighted by atomic mass is 10.2. The second-order valence-corrected chi connectivity index (χ2v) is 8.84. The topological polar surface area (TPSA) is 123 Å². The van der Waals surface area contributed by atoms with Crippen LogP contribution < -0.4 is 15.5 Å². The second-order valence-electron chi connectivity index (χ2n) is 7.01. The van der Waals surface area contributed by atoms with Gasteiger partial charge in [-0.1, -0.05) is 64.9 Å². The van der Waals surface area contributed by atoms with Gasteiger partial charge in [-0.25, -0.2) is 10.2 Å². The van der Waals surface area contributed by atoms with E-state index in [4.69, 9.17) is 27.9 Å². The molecule has 2 amide bonds. The summed E-state index contributed by atoms with van der Waals surface area (Å²) >= 11 is 13.0. The normalized spacial score (nSPS) is 10.7. The van der Waals surface area contributed by atoms with Gasteiger partial charge in [0, 0.05) is 10.6 Å². The summed E-state index contributed by atoms with van der Waals surface area (Å²) in [6.07, 6.45) is 1.32. The lowest BCUT2D eigenvalue weighted by molar-refractivity contribution is -0.136. The Morgan fingerprint density at radius 3 is 2.39 bits per heavy atom. The molecular weight excluding hydrogens is 525 g/mol. The third kappa shape index (κ3) is 6.51. The number of ether oxygens (including phenoxy) is 1. The average Bonchev–Trinajstić information content (AvgIpc) is 3.34. The molecule has 0 aliphatic rings. The molecule has 1 heterocycles. The Balaban J connectivity index is 1.28. The number of anilines is 1. The number of nitrogens with one attached hydrogen (secondary N) is 2. The number of esters is 1. The standard InChI is InChI=1S/C24H15Cl2N5O4S/c25-16-8-11-18(19(26)12-16)23(34)35-17-9-6-14(7-10-17)13-27-29-21(33)20(32)28-24-31-30-22(36-24)15-4-2-1-3-5-15/h1-13H,(H,29,33)(H,28,31,32)/b27-13-. The lowest BCUT2D eigenvalue weighted by Gasteiger charge is -2.06. The van der Waals surface area contributed by atoms with Crippen LogP contribution in [0.15, 0.2) is 77.9 Å². The van der Waals surface area contributed by atoms with Gasteiger partial charge in [0.1, 0.15) is 10.8 Å². The monoisotopic (exact) mass is 539 g/mol. The number of carbonyl (C=O) groups excluding carboxylic acids is 3. The first-order valence-corrected chi connectivity index (χ1v) is 11.8. The van der Waals surface area contributed by atoms with Gasteiger partial charge in [-0.2, -0.15) is 5.10 Å². The maximum atomic E-state index is 12.3. The van der Waals surface area contributed by atoms with Crippen LogP contribution >= 0.6 is 34.5 Å². The third-order valence-electron chi connectivity index (χ3n) is 4.49. The van der Waals surface area contributed by atoms with Gasteiger partial charge in [0.2, 0.25) is 5.13 Å². The average molecular weight is 540 g/mol. The van der Waals surface area contributed by atoms with Gasteiger partial charge in [-0.05, 0) is 48.0 Å². The van der Waals surface area contributed by atoms with E-state index < -0.39 is 17.8 Å². The van der Waals surface area contributed by atoms with Gasteiger partial charge in [-0.3, -0.25) is 14.9 Å². The smallest absolute Gasteiger partial charge is 0.345 e. The van der Waals surface area contributed by atoms with Crippen molar-refractivity contribution in [3.8, 4) is 16.3 Å². The summed E-state index contributed by atoms with van der Waals surface area (Å²) in [4.78, 5) is 36.4.